The molecule has 1 aromatic carbocycles. The van der Waals surface area contributed by atoms with Gasteiger partial charge in [-0.25, -0.2) is 4.79 Å². The van der Waals surface area contributed by atoms with E-state index in [1.165, 1.54) is 6.20 Å². The monoisotopic (exact) mass is 329 g/mol. The lowest BCUT2D eigenvalue weighted by molar-refractivity contribution is -0.139. The summed E-state index contributed by atoms with van der Waals surface area (Å²) in [6, 6.07) is 8.27. The number of carboxylic acid groups (broad SMARTS) is 1. The van der Waals surface area contributed by atoms with Gasteiger partial charge in [0.2, 0.25) is 0 Å². The number of hydrogen-bond acceptors (Lipinski definition) is 3. The summed E-state index contributed by atoms with van der Waals surface area (Å²) < 4.78 is 1.78. The smallest absolute Gasteiger partial charge is 0.326 e. The number of carbonyl (C=O) groups excluding carboxylic acids is 1. The van der Waals surface area contributed by atoms with Gasteiger partial charge >= 0.3 is 5.97 Å². The Morgan fingerprint density at radius 2 is 2.00 bits per heavy atom. The Kier molecular flexibility index (Phi) is 6.12. The minimum Gasteiger partial charge on any atom is -0.480 e. The molecule has 2 N–H and O–H groups in total. The Balaban J connectivity index is 2.08. The lowest BCUT2D eigenvalue weighted by Crippen LogP contribution is -2.42. The summed E-state index contributed by atoms with van der Waals surface area (Å²) in [5.41, 5.74) is 2.04. The zero-order chi connectivity index (χ0) is 17.5. The van der Waals surface area contributed by atoms with Gasteiger partial charge in [0, 0.05) is 18.7 Å². The second kappa shape index (κ2) is 8.29. The molecule has 0 aliphatic heterocycles. The number of rotatable bonds is 8. The molecule has 2 rings (SSSR count). The maximum Gasteiger partial charge on any atom is 0.326 e. The van der Waals surface area contributed by atoms with Gasteiger partial charge in [0.25, 0.3) is 5.91 Å². The molecular weight excluding hydrogens is 306 g/mol. The summed E-state index contributed by atoms with van der Waals surface area (Å²) in [5, 5.41) is 16.2. The van der Waals surface area contributed by atoms with Crippen LogP contribution in [0.15, 0.2) is 36.5 Å². The number of carboxylic acids is 1. The van der Waals surface area contributed by atoms with Crippen molar-refractivity contribution in [1.82, 2.24) is 15.1 Å². The predicted molar refractivity (Wildman–Crippen MR) is 90.9 cm³/mol. The first-order chi connectivity index (χ1) is 11.5. The largest absolute Gasteiger partial charge is 0.480 e. The maximum absolute atomic E-state index is 12.4. The maximum atomic E-state index is 12.4. The molecule has 0 saturated carbocycles. The molecule has 128 valence electrons. The molecule has 0 bridgehead atoms. The predicted octanol–water partition coefficient (Wildman–Crippen LogP) is 2.42. The first kappa shape index (κ1) is 17.7. The van der Waals surface area contributed by atoms with E-state index in [9.17, 15) is 14.7 Å². The Morgan fingerprint density at radius 1 is 1.29 bits per heavy atom. The van der Waals surface area contributed by atoms with Crippen LogP contribution in [0.25, 0.3) is 0 Å². The van der Waals surface area contributed by atoms with Gasteiger partial charge in [-0.05, 0) is 18.9 Å². The SMILES string of the molecule is CCCCn1ncc(C(=O)N[C@@H](Cc2ccccc2)C(=O)O)c1C. The number of hydrogen-bond donors (Lipinski definition) is 2. The molecule has 0 unspecified atom stereocenters. The van der Waals surface area contributed by atoms with Crippen molar-refractivity contribution >= 4 is 11.9 Å². The molecule has 1 aromatic heterocycles. The first-order valence-corrected chi connectivity index (χ1v) is 8.13. The Hall–Kier alpha value is -2.63. The molecule has 0 aliphatic carbocycles. The molecule has 1 heterocycles. The van der Waals surface area contributed by atoms with Crippen molar-refractivity contribution in [1.29, 1.82) is 0 Å². The standard InChI is InChI=1S/C18H23N3O3/c1-3-4-10-21-13(2)15(12-19-21)17(22)20-16(18(23)24)11-14-8-6-5-7-9-14/h5-9,12,16H,3-4,10-11H2,1-2H3,(H,20,22)(H,23,24)/t16-/m0/s1. The number of unbranched alkanes of at least 4 members (excludes halogenated alkanes) is 1. The summed E-state index contributed by atoms with van der Waals surface area (Å²) >= 11 is 0. The van der Waals surface area contributed by atoms with Crippen molar-refractivity contribution in [3.05, 3.63) is 53.3 Å². The fraction of sp³-hybridized carbons (Fsp3) is 0.389. The molecule has 1 atom stereocenters. The number of nitrogens with zero attached hydrogens (tertiary/aromatic N) is 2. The van der Waals surface area contributed by atoms with Crippen molar-refractivity contribution in [3.63, 3.8) is 0 Å². The van der Waals surface area contributed by atoms with E-state index in [-0.39, 0.29) is 6.42 Å². The van der Waals surface area contributed by atoms with Crippen LogP contribution in [0.2, 0.25) is 0 Å². The van der Waals surface area contributed by atoms with E-state index < -0.39 is 17.9 Å². The highest BCUT2D eigenvalue weighted by atomic mass is 16.4. The van der Waals surface area contributed by atoms with Crippen LogP contribution in [-0.4, -0.2) is 32.8 Å². The molecule has 0 radical (unpaired) electrons. The van der Waals surface area contributed by atoms with E-state index in [1.54, 1.807) is 4.68 Å². The number of amides is 1. The third-order valence-corrected chi connectivity index (χ3v) is 3.96. The minimum atomic E-state index is -1.05. The van der Waals surface area contributed by atoms with E-state index in [4.69, 9.17) is 0 Å². The molecule has 1 amide bonds. The number of benzene rings is 1. The highest BCUT2D eigenvalue weighted by Crippen LogP contribution is 2.10. The van der Waals surface area contributed by atoms with Crippen molar-refractivity contribution in [3.8, 4) is 0 Å². The van der Waals surface area contributed by atoms with Crippen LogP contribution >= 0.6 is 0 Å². The lowest BCUT2D eigenvalue weighted by Gasteiger charge is -2.14. The topological polar surface area (TPSA) is 84.2 Å². The summed E-state index contributed by atoms with van der Waals surface area (Å²) in [6.45, 7) is 4.67. The number of aliphatic carboxylic acids is 1. The zero-order valence-corrected chi connectivity index (χ0v) is 14.0. The van der Waals surface area contributed by atoms with Gasteiger partial charge < -0.3 is 10.4 Å². The summed E-state index contributed by atoms with van der Waals surface area (Å²) in [6.07, 6.45) is 3.76. The van der Waals surface area contributed by atoms with Gasteiger partial charge in [0.15, 0.2) is 0 Å². The first-order valence-electron chi connectivity index (χ1n) is 8.13. The second-order valence-corrected chi connectivity index (χ2v) is 5.77. The van der Waals surface area contributed by atoms with Crippen LogP contribution in [0.3, 0.4) is 0 Å². The third-order valence-electron chi connectivity index (χ3n) is 3.96. The molecular formula is C18H23N3O3. The van der Waals surface area contributed by atoms with Crippen LogP contribution in [0.5, 0.6) is 0 Å². The van der Waals surface area contributed by atoms with Gasteiger partial charge in [0.1, 0.15) is 6.04 Å². The fourth-order valence-corrected chi connectivity index (χ4v) is 2.49. The van der Waals surface area contributed by atoms with Crippen molar-refractivity contribution in [2.75, 3.05) is 0 Å². The van der Waals surface area contributed by atoms with Gasteiger partial charge in [-0.3, -0.25) is 9.48 Å². The molecule has 0 aliphatic rings. The van der Waals surface area contributed by atoms with Crippen LogP contribution in [-0.2, 0) is 17.8 Å². The van der Waals surface area contributed by atoms with E-state index in [2.05, 4.69) is 17.3 Å². The molecule has 6 heteroatoms. The lowest BCUT2D eigenvalue weighted by atomic mass is 10.1. The Labute approximate surface area is 141 Å². The van der Waals surface area contributed by atoms with Crippen LogP contribution < -0.4 is 5.32 Å². The summed E-state index contributed by atoms with van der Waals surface area (Å²) in [4.78, 5) is 23.9. The highest BCUT2D eigenvalue weighted by molar-refractivity contribution is 5.97. The highest BCUT2D eigenvalue weighted by Gasteiger charge is 2.23. The van der Waals surface area contributed by atoms with Crippen molar-refractivity contribution < 1.29 is 14.7 Å². The quantitative estimate of drug-likeness (QED) is 0.779. The van der Waals surface area contributed by atoms with Crippen LogP contribution in [0.1, 0.15) is 41.4 Å². The molecule has 6 nitrogen and oxygen atoms in total. The van der Waals surface area contributed by atoms with E-state index in [0.29, 0.717) is 5.56 Å². The number of aryl methyl sites for hydroxylation is 1. The Bertz CT molecular complexity index is 695. The Morgan fingerprint density at radius 3 is 2.62 bits per heavy atom. The van der Waals surface area contributed by atoms with Gasteiger partial charge in [-0.15, -0.1) is 0 Å². The van der Waals surface area contributed by atoms with Gasteiger partial charge in [-0.2, -0.15) is 5.10 Å². The zero-order valence-electron chi connectivity index (χ0n) is 14.0. The van der Waals surface area contributed by atoms with Crippen molar-refractivity contribution in [2.24, 2.45) is 0 Å². The molecule has 24 heavy (non-hydrogen) atoms. The number of aromatic nitrogens is 2. The van der Waals surface area contributed by atoms with Crippen LogP contribution in [0.4, 0.5) is 0 Å². The average molecular weight is 329 g/mol. The normalized spacial score (nSPS) is 11.9. The van der Waals surface area contributed by atoms with Crippen LogP contribution in [0, 0.1) is 6.92 Å². The van der Waals surface area contributed by atoms with E-state index in [0.717, 1.165) is 30.6 Å². The number of carbonyl (C=O) groups is 2. The average Bonchev–Trinajstić information content (AvgIpc) is 2.94. The fourth-order valence-electron chi connectivity index (χ4n) is 2.49. The molecule has 2 aromatic rings. The molecule has 0 saturated heterocycles. The molecule has 0 fully saturated rings. The minimum absolute atomic E-state index is 0.241. The summed E-state index contributed by atoms with van der Waals surface area (Å²) in [5.74, 6) is -1.46. The van der Waals surface area contributed by atoms with Crippen molar-refractivity contribution in [2.45, 2.75) is 45.7 Å². The van der Waals surface area contributed by atoms with Gasteiger partial charge in [0.05, 0.1) is 11.8 Å². The van der Waals surface area contributed by atoms with E-state index >= 15 is 0 Å². The molecule has 0 spiro atoms. The van der Waals surface area contributed by atoms with Gasteiger partial charge in [-0.1, -0.05) is 43.7 Å². The second-order valence-electron chi connectivity index (χ2n) is 5.77. The third kappa shape index (κ3) is 4.44. The summed E-state index contributed by atoms with van der Waals surface area (Å²) in [7, 11) is 0. The van der Waals surface area contributed by atoms with E-state index in [1.807, 2.05) is 37.3 Å². The number of nitrogens with one attached hydrogen (secondary N) is 1.